The number of fused-ring (bicyclic) bond motifs is 4. The number of aromatic nitrogens is 12. The van der Waals surface area contributed by atoms with Gasteiger partial charge in [-0.2, -0.15) is 0 Å². The number of aliphatic hydroxyl groups excluding tert-OH is 4. The zero-order chi connectivity index (χ0) is 93.1. The molecule has 12 rings (SSSR count). The number of halogens is 1. The first-order chi connectivity index (χ1) is 57.8. The van der Waals surface area contributed by atoms with Gasteiger partial charge in [0.25, 0.3) is 22.2 Å². The molecule has 13 N–H and O–H groups in total. The van der Waals surface area contributed by atoms with E-state index < -0.39 is 174 Å². The quantitative estimate of drug-likeness (QED) is 0.0195. The average Bonchev–Trinajstić information content (AvgIpc) is 1.62. The second kappa shape index (κ2) is 46.3. The Hall–Kier alpha value is -8.07. The van der Waals surface area contributed by atoms with Crippen molar-refractivity contribution in [2.24, 2.45) is 5.92 Å². The molecule has 8 aromatic heterocycles. The normalized spacial score (nSPS) is 20.2. The Labute approximate surface area is 751 Å². The molecule has 3 fully saturated rings. The van der Waals surface area contributed by atoms with Gasteiger partial charge in [-0.05, 0) is 124 Å². The Kier molecular flexibility index (Phi) is 39.8. The van der Waals surface area contributed by atoms with Crippen molar-refractivity contribution in [2.75, 3.05) is 45.7 Å². The van der Waals surface area contributed by atoms with Crippen LogP contribution in [0.25, 0.3) is 44.1 Å². The van der Waals surface area contributed by atoms with Crippen molar-refractivity contribution in [1.29, 1.82) is 0 Å². The van der Waals surface area contributed by atoms with E-state index in [0.29, 0.717) is 68.1 Å². The van der Waals surface area contributed by atoms with Crippen molar-refractivity contribution < 1.29 is 189 Å². The van der Waals surface area contributed by atoms with Gasteiger partial charge in [-0.3, -0.25) is 61.7 Å². The van der Waals surface area contributed by atoms with Crippen LogP contribution in [0, 0.1) is 5.92 Å². The second-order valence-corrected chi connectivity index (χ2v) is 38.1. The maximum absolute atomic E-state index is 13.3. The summed E-state index contributed by atoms with van der Waals surface area (Å²) in [6, 6.07) is -4.30. The van der Waals surface area contributed by atoms with Crippen LogP contribution in [0.15, 0.2) is 81.6 Å². The summed E-state index contributed by atoms with van der Waals surface area (Å²) in [5.74, 6) is -1.47. The van der Waals surface area contributed by atoms with E-state index in [0.717, 1.165) is 10.5 Å². The number of hydrogen-bond donors (Lipinski definition) is 13. The number of nitrogens with zero attached hydrogens (tertiary/aromatic N) is 8. The number of ether oxygens (including phenoxy) is 5. The Bertz CT molecular complexity index is 5340. The van der Waals surface area contributed by atoms with Gasteiger partial charge < -0.3 is 107 Å². The summed E-state index contributed by atoms with van der Waals surface area (Å²) in [5, 5.41) is 48.2. The van der Waals surface area contributed by atoms with Gasteiger partial charge >= 0.3 is 100 Å². The topological polar surface area (TPSA) is 689 Å². The molecule has 4 aliphatic rings. The van der Waals surface area contributed by atoms with Gasteiger partial charge in [0.2, 0.25) is 0 Å². The molecule has 125 heavy (non-hydrogen) atoms. The van der Waals surface area contributed by atoms with Crippen LogP contribution in [0.3, 0.4) is 0 Å². The standard InChI is InChI=1S/C21H33N4O7P.C16H20N4O6.C16H22N4O5.C15H18N4O3.C5H13O4P.IO4.Na.2O.Pt/c1-7-30-33(28,31-8-2)12-29-19-13(3)9-15(25(19)20(27)32-21(4,5)6)14-10-22-17-16(14)23-11-24-18(17)26;1-16(2,3)26-15(25)20-8(4-9(21)12(20)14(23)24)7-5-17-11-10(7)18-6-19-13(11)22;1-16(2,3)25-15(24)20-9(4-11(22)10(20)6-21)8-5-17-13-12(8)18-7-19-14(13)23;1-15(2,3)22-14(21)19-6-4-5-10(19)9-7-16-12-11(9)17-8-18-13(12)20;1-3-8-10(7,5-6)9-4-2;2-1(3,4)5;;;;/h10-11,13,15,19,22H,7-9,12H2,1-6H3,(H,23,24,26);5-6,8-9,12,17,21H,4H2,1-3H3,(H,23,24)(H,18,19,22);5,7,9-11,17,21-22H,4,6H2,1-3H3,(H,18,19,23);4,6-8,10,16H,5H2,1-3H3,(H,17,18,20);6H,3-5H2,1-2H3;;;;;/q;;;;;-1;+1;;;/t13-,15+,19+;8-,9+,12+;9-,10-,11+;10-;;;;;;/m0111....../s1. The number of carbonyl (C=O) groups is 5. The number of rotatable bonds is 18. The Morgan fingerprint density at radius 3 is 1.15 bits per heavy atom. The van der Waals surface area contributed by atoms with Crippen molar-refractivity contribution >= 4 is 89.7 Å². The summed E-state index contributed by atoms with van der Waals surface area (Å²) in [5.41, 5.74) is 1.44. The van der Waals surface area contributed by atoms with Crippen molar-refractivity contribution in [3.63, 3.8) is 0 Å². The molecule has 10 atom stereocenters. The van der Waals surface area contributed by atoms with E-state index in [2.05, 4.69) is 59.8 Å². The Balaban J connectivity index is 0.000000278. The van der Waals surface area contributed by atoms with Crippen LogP contribution in [0.4, 0.5) is 19.2 Å². The molecule has 0 spiro atoms. The van der Waals surface area contributed by atoms with E-state index in [9.17, 15) is 72.7 Å². The minimum atomic E-state index is -5.94. The molecule has 0 unspecified atom stereocenters. The number of aliphatic hydroxyl groups is 4. The van der Waals surface area contributed by atoms with Crippen LogP contribution in [-0.4, -0.2) is 234 Å². The number of aliphatic carboxylic acids is 1. The fourth-order valence-corrected chi connectivity index (χ4v) is 15.8. The fourth-order valence-electron chi connectivity index (χ4n) is 13.4. The number of amides is 4. The van der Waals surface area contributed by atoms with Crippen molar-refractivity contribution in [3.05, 3.63) is 126 Å². The third-order valence-electron chi connectivity index (χ3n) is 17.9. The summed E-state index contributed by atoms with van der Waals surface area (Å²) in [6.07, 6.45) is 10.4. The van der Waals surface area contributed by atoms with Crippen LogP contribution < -0.4 is 85.6 Å². The SMILES string of the molecule is CC(C)(C)OC(=O)N1C=CC[C@@H]1c1c[nH]c2c(=O)[nH]cnc12.CC(C)(C)OC(=O)N1[C@@H](c2c[nH]c3c(=O)[nH]cnc23)C[C@H](O)[C@H]1C(=O)O.CC(C)(C)OC(=O)N1[C@@H](c2c[nH]c3c(=O)[nH]cnc23)C[C@H](O)[C@H]1CO.CCOP(=O)(CO)OCC.CCOP(=O)(CO[C@@H]1[C@@H](C)C[C@H](c2c[nH]c3c(=O)[nH]cnc23)N1C(=O)OC(C)(C)C)OCC.[Na+].[O-][I+3]([O-])([O-])[O-].[O]=[Pt]=[O]. The van der Waals surface area contributed by atoms with E-state index in [4.69, 9.17) is 67.4 Å². The molecular formula is C73H106IN16NaO31P2Pt. The molecule has 47 nitrogen and oxygen atoms in total. The number of H-pyrrole nitrogens is 8. The Morgan fingerprint density at radius 2 is 0.816 bits per heavy atom. The molecule has 0 saturated carbocycles. The first-order valence-electron chi connectivity index (χ1n) is 38.3. The van der Waals surface area contributed by atoms with Gasteiger partial charge in [0.1, 0.15) is 99.2 Å². The van der Waals surface area contributed by atoms with Crippen LogP contribution in [-0.2, 0) is 81.0 Å². The number of likely N-dealkylation sites (tertiary alicyclic amines) is 3. The van der Waals surface area contributed by atoms with Crippen molar-refractivity contribution in [3.8, 4) is 0 Å². The number of nitrogens with one attached hydrogen (secondary N) is 8. The predicted molar refractivity (Wildman–Crippen MR) is 421 cm³/mol. The van der Waals surface area contributed by atoms with E-state index >= 15 is 0 Å². The minimum absolute atomic E-state index is 0. The van der Waals surface area contributed by atoms with Gasteiger partial charge in [-0.25, -0.2) is 43.9 Å². The summed E-state index contributed by atoms with van der Waals surface area (Å²) in [6.45, 7) is 30.4. The van der Waals surface area contributed by atoms with E-state index in [1.165, 1.54) is 46.2 Å². The number of carboxylic acid groups (broad SMARTS) is 1. The summed E-state index contributed by atoms with van der Waals surface area (Å²) in [4.78, 5) is 154. The zero-order valence-corrected chi connectivity index (χ0v) is 80.1. The van der Waals surface area contributed by atoms with Crippen molar-refractivity contribution in [1.82, 2.24) is 79.4 Å². The van der Waals surface area contributed by atoms with Crippen LogP contribution >= 0.6 is 15.2 Å². The molecule has 4 aliphatic heterocycles. The van der Waals surface area contributed by atoms with E-state index in [1.54, 1.807) is 115 Å². The first kappa shape index (κ1) is 107. The summed E-state index contributed by atoms with van der Waals surface area (Å²) >= 11 is -7.86. The molecular weight excluding hydrogens is 2000 g/mol. The zero-order valence-electron chi connectivity index (χ0n) is 71.8. The third-order valence-corrected chi connectivity index (χ3v) is 21.3. The monoisotopic (exact) mass is 2110 g/mol. The Morgan fingerprint density at radius 1 is 0.504 bits per heavy atom. The van der Waals surface area contributed by atoms with Crippen LogP contribution in [0.5, 0.6) is 0 Å². The second-order valence-electron chi connectivity index (χ2n) is 31.5. The molecule has 0 radical (unpaired) electrons. The molecule has 52 heteroatoms. The van der Waals surface area contributed by atoms with Gasteiger partial charge in [0.15, 0.2) is 12.4 Å². The molecule has 8 aromatic rings. The molecule has 3 saturated heterocycles. The summed E-state index contributed by atoms with van der Waals surface area (Å²) < 4.78 is 123. The molecule has 12 heterocycles. The predicted octanol–water partition coefficient (Wildman–Crippen LogP) is -1.80. The summed E-state index contributed by atoms with van der Waals surface area (Å²) in [7, 11) is -6.63. The number of carbonyl (C=O) groups excluding carboxylic acids is 4. The van der Waals surface area contributed by atoms with Gasteiger partial charge in [0.05, 0.1) is 101 Å². The number of aromatic amines is 8. The molecule has 0 aromatic carbocycles. The molecule has 692 valence electrons. The molecule has 0 bridgehead atoms. The van der Waals surface area contributed by atoms with Gasteiger partial charge in [-0.1, -0.05) is 13.0 Å². The first-order valence-corrected chi connectivity index (χ1v) is 47.2. The molecule has 0 aliphatic carbocycles. The number of carboxylic acids is 1. The van der Waals surface area contributed by atoms with E-state index in [1.807, 2.05) is 33.8 Å². The van der Waals surface area contributed by atoms with E-state index in [-0.39, 0.29) is 109 Å². The van der Waals surface area contributed by atoms with Crippen LogP contribution in [0.2, 0.25) is 0 Å². The average molecular weight is 2110 g/mol. The fraction of sp³-hybridized carbons (Fsp3) is 0.575. The van der Waals surface area contributed by atoms with Crippen LogP contribution in [0.1, 0.15) is 190 Å². The number of hydrogen-bond acceptors (Lipinski definition) is 34. The third kappa shape index (κ3) is 29.7. The van der Waals surface area contributed by atoms with Crippen molar-refractivity contribution in [2.45, 2.75) is 220 Å². The molecule has 4 amide bonds. The van der Waals surface area contributed by atoms with Gasteiger partial charge in [0, 0.05) is 72.0 Å². The maximum atomic E-state index is 13.3. The van der Waals surface area contributed by atoms with Gasteiger partial charge in [-0.15, -0.1) is 0 Å².